The molecule has 2 aliphatic rings. The quantitative estimate of drug-likeness (QED) is 0.133. The first kappa shape index (κ1) is 30.5. The van der Waals surface area contributed by atoms with Crippen LogP contribution in [0.3, 0.4) is 0 Å². The zero-order valence-electron chi connectivity index (χ0n) is 25.6. The Bertz CT molecular complexity index is 1780. The van der Waals surface area contributed by atoms with Gasteiger partial charge in [0.2, 0.25) is 0 Å². The molecule has 4 aromatic rings. The van der Waals surface area contributed by atoms with Gasteiger partial charge in [-0.25, -0.2) is 9.97 Å². The summed E-state index contributed by atoms with van der Waals surface area (Å²) in [5, 5.41) is 0. The van der Waals surface area contributed by atoms with E-state index in [1.807, 2.05) is 12.1 Å². The summed E-state index contributed by atoms with van der Waals surface area (Å²) in [5.41, 5.74) is 12.8. The van der Waals surface area contributed by atoms with Crippen LogP contribution in [0, 0.1) is 12.3 Å². The maximum Gasteiger partial charge on any atom is 2.00 e. The Kier molecular flexibility index (Phi) is 9.29. The molecule has 3 aromatic heterocycles. The maximum absolute atomic E-state index is 5.69. The molecule has 0 saturated carbocycles. The number of rotatable bonds is 7. The summed E-state index contributed by atoms with van der Waals surface area (Å²) in [6, 6.07) is 18.7. The molecule has 4 nitrogen and oxygen atoms in total. The first-order valence-electron chi connectivity index (χ1n) is 15.2. The van der Waals surface area contributed by atoms with Crippen LogP contribution in [0.1, 0.15) is 105 Å². The summed E-state index contributed by atoms with van der Waals surface area (Å²) >= 11 is 0. The van der Waals surface area contributed by atoms with Crippen LogP contribution in [0.2, 0.25) is 0 Å². The normalized spacial score (nSPS) is 12.1. The molecule has 0 unspecified atom stereocenters. The van der Waals surface area contributed by atoms with E-state index in [4.69, 9.17) is 26.4 Å². The zero-order valence-corrected chi connectivity index (χ0v) is 28.5. The summed E-state index contributed by atoms with van der Waals surface area (Å²) in [7, 11) is 0. The molecule has 6 rings (SSSR count). The summed E-state index contributed by atoms with van der Waals surface area (Å²) in [6.45, 7) is 8.96. The molecule has 0 N–H and O–H groups in total. The van der Waals surface area contributed by atoms with Crippen LogP contribution in [0.5, 0.6) is 0 Å². The van der Waals surface area contributed by atoms with Crippen molar-refractivity contribution in [3.05, 3.63) is 94.1 Å². The van der Waals surface area contributed by atoms with Crippen molar-refractivity contribution in [2.75, 3.05) is 0 Å². The van der Waals surface area contributed by atoms with Gasteiger partial charge in [0.15, 0.2) is 0 Å². The fourth-order valence-corrected chi connectivity index (χ4v) is 6.32. The van der Waals surface area contributed by atoms with Crippen LogP contribution in [0.4, 0.5) is 0 Å². The van der Waals surface area contributed by atoms with Gasteiger partial charge in [0, 0.05) is 5.56 Å². The number of benzene rings is 1. The van der Waals surface area contributed by atoms with Crippen molar-refractivity contribution in [2.45, 2.75) is 65.2 Å². The fraction of sp³-hybridized carbons (Fsp3) is 0.263. The first-order chi connectivity index (χ1) is 20.6. The van der Waals surface area contributed by atoms with Crippen LogP contribution < -0.4 is 9.97 Å². The van der Waals surface area contributed by atoms with E-state index >= 15 is 0 Å². The predicted molar refractivity (Wildman–Crippen MR) is 177 cm³/mol. The molecule has 0 spiro atoms. The van der Waals surface area contributed by atoms with Crippen LogP contribution in [0.15, 0.2) is 54.6 Å². The van der Waals surface area contributed by atoms with E-state index in [2.05, 4.69) is 100 Å². The largest absolute Gasteiger partial charge is 2.00 e. The van der Waals surface area contributed by atoms with Gasteiger partial charge in [-0.05, 0) is 102 Å². The maximum atomic E-state index is 5.69. The molecule has 0 aliphatic carbocycles. The molecule has 210 valence electrons. The smallest absolute Gasteiger partial charge is 0.657 e. The standard InChI is InChI=1S/C38H36N4.Zn/c1-6-24-11-13-27(14-12-24)38-34-21-19-32(41-34)36(25(7-2)8-3)30-17-15-28(39-30)23-29-16-18-31(40-29)37(26(9-4)10-5)33-20-22-35(38)42-33;/h1,11-23,25-26H,7-10H2,2-5H3;/q-2;+2. The molecule has 5 heterocycles. The first-order valence-corrected chi connectivity index (χ1v) is 15.2. The third-order valence-electron chi connectivity index (χ3n) is 8.64. The molecular weight excluding hydrogens is 578 g/mol. The van der Waals surface area contributed by atoms with Gasteiger partial charge in [0.05, 0.1) is 22.8 Å². The zero-order chi connectivity index (χ0) is 29.2. The van der Waals surface area contributed by atoms with Gasteiger partial charge in [0.1, 0.15) is 0 Å². The molecule has 0 amide bonds. The van der Waals surface area contributed by atoms with Gasteiger partial charge >= 0.3 is 19.5 Å². The topological polar surface area (TPSA) is 54.0 Å². The summed E-state index contributed by atoms with van der Waals surface area (Å²) < 4.78 is 0. The Hall–Kier alpha value is -4.00. The Morgan fingerprint density at radius 3 is 1.49 bits per heavy atom. The van der Waals surface area contributed by atoms with E-state index in [0.717, 1.165) is 87.2 Å². The minimum absolute atomic E-state index is 0. The van der Waals surface area contributed by atoms with Gasteiger partial charge in [-0.15, -0.1) is 28.5 Å². The molecule has 2 aliphatic heterocycles. The third kappa shape index (κ3) is 5.82. The van der Waals surface area contributed by atoms with E-state index in [-0.39, 0.29) is 19.5 Å². The van der Waals surface area contributed by atoms with Crippen molar-refractivity contribution in [1.29, 1.82) is 0 Å². The number of fused-ring (bicyclic) bond motifs is 8. The fourth-order valence-electron chi connectivity index (χ4n) is 6.32. The van der Waals surface area contributed by atoms with Crippen LogP contribution >= 0.6 is 0 Å². The Morgan fingerprint density at radius 2 is 1.07 bits per heavy atom. The monoisotopic (exact) mass is 612 g/mol. The molecule has 5 heteroatoms. The molecular formula is C38H36N4Zn. The minimum atomic E-state index is 0. The second-order valence-corrected chi connectivity index (χ2v) is 11.0. The van der Waals surface area contributed by atoms with E-state index in [1.54, 1.807) is 0 Å². The third-order valence-corrected chi connectivity index (χ3v) is 8.64. The second kappa shape index (κ2) is 13.1. The van der Waals surface area contributed by atoms with Crippen LogP contribution in [0.25, 0.3) is 57.5 Å². The van der Waals surface area contributed by atoms with E-state index < -0.39 is 0 Å². The van der Waals surface area contributed by atoms with Gasteiger partial charge in [0.25, 0.3) is 0 Å². The van der Waals surface area contributed by atoms with Crippen molar-refractivity contribution >= 4 is 46.4 Å². The predicted octanol–water partition coefficient (Wildman–Crippen LogP) is 9.37. The van der Waals surface area contributed by atoms with Crippen molar-refractivity contribution in [2.24, 2.45) is 0 Å². The van der Waals surface area contributed by atoms with Crippen LogP contribution in [-0.4, -0.2) is 9.97 Å². The average molecular weight is 614 g/mol. The minimum Gasteiger partial charge on any atom is -0.657 e. The summed E-state index contributed by atoms with van der Waals surface area (Å²) in [4.78, 5) is 20.7. The molecule has 8 bridgehead atoms. The van der Waals surface area contributed by atoms with Crippen molar-refractivity contribution in [1.82, 2.24) is 19.9 Å². The van der Waals surface area contributed by atoms with Crippen molar-refractivity contribution in [3.8, 4) is 23.5 Å². The summed E-state index contributed by atoms with van der Waals surface area (Å²) in [5.74, 6) is 3.43. The van der Waals surface area contributed by atoms with Gasteiger partial charge in [-0.1, -0.05) is 70.0 Å². The number of hydrogen-bond acceptors (Lipinski definition) is 2. The van der Waals surface area contributed by atoms with E-state index in [0.29, 0.717) is 11.8 Å². The average Bonchev–Trinajstić information content (AvgIpc) is 3.84. The Balaban J connectivity index is 0.00000368. The number of aromatic nitrogens is 4. The molecule has 0 fully saturated rings. The van der Waals surface area contributed by atoms with Gasteiger partial charge in [-0.3, -0.25) is 0 Å². The number of nitrogens with zero attached hydrogens (tertiary/aromatic N) is 4. The summed E-state index contributed by atoms with van der Waals surface area (Å²) in [6.07, 6.45) is 18.2. The Labute approximate surface area is 267 Å². The van der Waals surface area contributed by atoms with Crippen LogP contribution in [-0.2, 0) is 19.5 Å². The SMILES string of the molecule is C#Cc1ccc(-c2c3ccc([n-]3)c(C(CC)CC)c3nc(cc4nc(c(C(CC)CC)c5ccc2[n-]5)C=C4)C=C3)cc1.[Zn+2]. The number of hydrogen-bond donors (Lipinski definition) is 0. The molecule has 43 heavy (non-hydrogen) atoms. The van der Waals surface area contributed by atoms with Gasteiger partial charge < -0.3 is 9.97 Å². The van der Waals surface area contributed by atoms with Gasteiger partial charge in [-0.2, -0.15) is 0 Å². The van der Waals surface area contributed by atoms with Crippen molar-refractivity contribution < 1.29 is 19.5 Å². The Morgan fingerprint density at radius 1 is 0.628 bits per heavy atom. The van der Waals surface area contributed by atoms with E-state index in [1.165, 1.54) is 11.1 Å². The molecule has 0 radical (unpaired) electrons. The second-order valence-electron chi connectivity index (χ2n) is 11.0. The molecule has 0 saturated heterocycles. The molecule has 1 aromatic carbocycles. The van der Waals surface area contributed by atoms with Crippen molar-refractivity contribution in [3.63, 3.8) is 0 Å². The van der Waals surface area contributed by atoms with E-state index in [9.17, 15) is 0 Å². The number of terminal acetylenes is 1. The molecule has 0 atom stereocenters.